The van der Waals surface area contributed by atoms with Crippen molar-refractivity contribution in [3.63, 3.8) is 0 Å². The number of rotatable bonds is 5. The van der Waals surface area contributed by atoms with Gasteiger partial charge in [-0.2, -0.15) is 0 Å². The predicted octanol–water partition coefficient (Wildman–Crippen LogP) is 2.10. The van der Waals surface area contributed by atoms with E-state index in [0.29, 0.717) is 6.10 Å². The molecule has 0 aromatic carbocycles. The minimum absolute atomic E-state index is 0.163. The minimum Gasteiger partial charge on any atom is -0.374 e. The summed E-state index contributed by atoms with van der Waals surface area (Å²) < 4.78 is 8.11. The molecule has 0 radical (unpaired) electrons. The highest BCUT2D eigenvalue weighted by molar-refractivity contribution is 5.10. The highest BCUT2D eigenvalue weighted by Gasteiger charge is 2.19. The van der Waals surface area contributed by atoms with Crippen LogP contribution in [-0.4, -0.2) is 47.4 Å². The number of hydrogen-bond donors (Lipinski definition) is 1. The average molecular weight is 279 g/mol. The lowest BCUT2D eigenvalue weighted by atomic mass is 10.1. The van der Waals surface area contributed by atoms with E-state index in [1.807, 2.05) is 0 Å². The van der Waals surface area contributed by atoms with E-state index in [-0.39, 0.29) is 5.54 Å². The second-order valence-electron chi connectivity index (χ2n) is 6.71. The van der Waals surface area contributed by atoms with Crippen LogP contribution in [-0.2, 0) is 17.8 Å². The molecule has 1 fully saturated rings. The summed E-state index contributed by atoms with van der Waals surface area (Å²) in [4.78, 5) is 2.46. The first-order valence-corrected chi connectivity index (χ1v) is 7.70. The van der Waals surface area contributed by atoms with E-state index in [9.17, 15) is 0 Å². The van der Waals surface area contributed by atoms with Crippen LogP contribution in [0, 0.1) is 0 Å². The molecule has 1 N–H and O–H groups in total. The normalized spacial score (nSPS) is 21.3. The van der Waals surface area contributed by atoms with Crippen molar-refractivity contribution in [3.05, 3.63) is 24.0 Å². The largest absolute Gasteiger partial charge is 0.374 e. The molecule has 1 aromatic heterocycles. The van der Waals surface area contributed by atoms with Crippen molar-refractivity contribution in [2.24, 2.45) is 0 Å². The lowest BCUT2D eigenvalue weighted by Crippen LogP contribution is -2.43. The third kappa shape index (κ3) is 4.93. The number of hydrogen-bond acceptors (Lipinski definition) is 3. The van der Waals surface area contributed by atoms with Crippen LogP contribution in [0.5, 0.6) is 0 Å². The van der Waals surface area contributed by atoms with Crippen LogP contribution in [0.2, 0.25) is 0 Å². The van der Waals surface area contributed by atoms with Crippen LogP contribution in [0.4, 0.5) is 0 Å². The van der Waals surface area contributed by atoms with E-state index in [4.69, 9.17) is 4.74 Å². The van der Waals surface area contributed by atoms with Crippen LogP contribution in [0.25, 0.3) is 0 Å². The fourth-order valence-corrected chi connectivity index (χ4v) is 2.49. The number of aromatic nitrogens is 1. The third-order valence-corrected chi connectivity index (χ3v) is 3.72. The molecular weight excluding hydrogens is 250 g/mol. The van der Waals surface area contributed by atoms with Gasteiger partial charge in [-0.3, -0.25) is 4.90 Å². The predicted molar refractivity (Wildman–Crippen MR) is 82.9 cm³/mol. The Morgan fingerprint density at radius 1 is 1.40 bits per heavy atom. The maximum Gasteiger partial charge on any atom is 0.0880 e. The van der Waals surface area contributed by atoms with Crippen LogP contribution in [0.1, 0.15) is 33.3 Å². The lowest BCUT2D eigenvalue weighted by Gasteiger charge is -2.32. The molecule has 2 rings (SSSR count). The third-order valence-electron chi connectivity index (χ3n) is 3.72. The van der Waals surface area contributed by atoms with E-state index in [1.165, 1.54) is 5.56 Å². The maximum atomic E-state index is 5.86. The van der Waals surface area contributed by atoms with E-state index in [0.717, 1.165) is 39.3 Å². The molecule has 0 spiro atoms. The lowest BCUT2D eigenvalue weighted by molar-refractivity contribution is -0.0342. The maximum absolute atomic E-state index is 5.86. The van der Waals surface area contributed by atoms with Gasteiger partial charge in [0.15, 0.2) is 0 Å². The Hall–Kier alpha value is -0.840. The van der Waals surface area contributed by atoms with E-state index in [2.05, 4.69) is 60.9 Å². The molecule has 0 saturated carbocycles. The molecule has 1 atom stereocenters. The Labute approximate surface area is 123 Å². The fraction of sp³-hybridized carbons (Fsp3) is 0.750. The quantitative estimate of drug-likeness (QED) is 0.895. The number of nitrogens with zero attached hydrogens (tertiary/aromatic N) is 2. The van der Waals surface area contributed by atoms with Gasteiger partial charge in [-0.1, -0.05) is 6.92 Å². The zero-order valence-electron chi connectivity index (χ0n) is 13.4. The summed E-state index contributed by atoms with van der Waals surface area (Å²) in [7, 11) is 0. The summed E-state index contributed by atoms with van der Waals surface area (Å²) in [6, 6.07) is 2.19. The Kier molecular flexibility index (Phi) is 5.24. The highest BCUT2D eigenvalue weighted by Crippen LogP contribution is 2.10. The second kappa shape index (κ2) is 6.74. The van der Waals surface area contributed by atoms with Crippen molar-refractivity contribution in [2.45, 2.75) is 52.4 Å². The molecule has 0 aliphatic carbocycles. The zero-order chi connectivity index (χ0) is 14.6. The van der Waals surface area contributed by atoms with Gasteiger partial charge in [0.1, 0.15) is 0 Å². The molecule has 114 valence electrons. The number of ether oxygens (including phenoxy) is 1. The molecule has 4 nitrogen and oxygen atoms in total. The van der Waals surface area contributed by atoms with Gasteiger partial charge in [-0.05, 0) is 38.9 Å². The Morgan fingerprint density at radius 3 is 2.90 bits per heavy atom. The first-order chi connectivity index (χ1) is 9.46. The molecule has 1 unspecified atom stereocenters. The summed E-state index contributed by atoms with van der Waals surface area (Å²) in [6.07, 6.45) is 4.71. The molecule has 1 saturated heterocycles. The van der Waals surface area contributed by atoms with Gasteiger partial charge in [0.2, 0.25) is 0 Å². The smallest absolute Gasteiger partial charge is 0.0880 e. The molecule has 0 bridgehead atoms. The second-order valence-corrected chi connectivity index (χ2v) is 6.71. The van der Waals surface area contributed by atoms with Crippen LogP contribution < -0.4 is 5.32 Å². The zero-order valence-corrected chi connectivity index (χ0v) is 13.4. The summed E-state index contributed by atoms with van der Waals surface area (Å²) in [5.41, 5.74) is 1.50. The molecule has 20 heavy (non-hydrogen) atoms. The molecule has 0 amide bonds. The molecular formula is C16H29N3O. The molecule has 1 aromatic rings. The summed E-state index contributed by atoms with van der Waals surface area (Å²) in [6.45, 7) is 14.8. The van der Waals surface area contributed by atoms with Gasteiger partial charge in [-0.15, -0.1) is 0 Å². The first-order valence-electron chi connectivity index (χ1n) is 7.70. The molecule has 4 heteroatoms. The van der Waals surface area contributed by atoms with Gasteiger partial charge < -0.3 is 14.6 Å². The standard InChI is InChI=1S/C16H29N3O/c1-5-18-8-9-20-15(12-18)13-19-7-6-14(11-19)10-17-16(2,3)4/h6-7,11,15,17H,5,8-10,12-13H2,1-4H3. The number of likely N-dealkylation sites (N-methyl/N-ethyl adjacent to an activating group) is 1. The van der Waals surface area contributed by atoms with Crippen molar-refractivity contribution >= 4 is 0 Å². The fourth-order valence-electron chi connectivity index (χ4n) is 2.49. The topological polar surface area (TPSA) is 29.4 Å². The van der Waals surface area contributed by atoms with E-state index >= 15 is 0 Å². The van der Waals surface area contributed by atoms with Crippen LogP contribution in [0.15, 0.2) is 18.5 Å². The molecule has 2 heterocycles. The van der Waals surface area contributed by atoms with Gasteiger partial charge in [0, 0.05) is 44.1 Å². The van der Waals surface area contributed by atoms with Crippen molar-refractivity contribution in [3.8, 4) is 0 Å². The van der Waals surface area contributed by atoms with Gasteiger partial charge in [0.25, 0.3) is 0 Å². The van der Waals surface area contributed by atoms with Crippen LogP contribution in [0.3, 0.4) is 0 Å². The summed E-state index contributed by atoms with van der Waals surface area (Å²) >= 11 is 0. The van der Waals surface area contributed by atoms with E-state index < -0.39 is 0 Å². The molecule has 1 aliphatic rings. The van der Waals surface area contributed by atoms with E-state index in [1.54, 1.807) is 0 Å². The SMILES string of the molecule is CCN1CCOC(Cn2ccc(CNC(C)(C)C)c2)C1. The number of nitrogens with one attached hydrogen (secondary N) is 1. The molecule has 1 aliphatic heterocycles. The first kappa shape index (κ1) is 15.5. The van der Waals surface area contributed by atoms with Crippen molar-refractivity contribution < 1.29 is 4.74 Å². The van der Waals surface area contributed by atoms with Gasteiger partial charge in [-0.25, -0.2) is 0 Å². The van der Waals surface area contributed by atoms with Gasteiger partial charge in [0.05, 0.1) is 12.7 Å². The Morgan fingerprint density at radius 2 is 2.20 bits per heavy atom. The Balaban J connectivity index is 1.83. The summed E-state index contributed by atoms with van der Waals surface area (Å²) in [5.74, 6) is 0. The Bertz CT molecular complexity index is 408. The number of morpholine rings is 1. The average Bonchev–Trinajstić information content (AvgIpc) is 2.83. The van der Waals surface area contributed by atoms with Crippen molar-refractivity contribution in [2.75, 3.05) is 26.2 Å². The highest BCUT2D eigenvalue weighted by atomic mass is 16.5. The van der Waals surface area contributed by atoms with Gasteiger partial charge >= 0.3 is 0 Å². The minimum atomic E-state index is 0.163. The van der Waals surface area contributed by atoms with Crippen molar-refractivity contribution in [1.82, 2.24) is 14.8 Å². The monoisotopic (exact) mass is 279 g/mol. The van der Waals surface area contributed by atoms with Crippen molar-refractivity contribution in [1.29, 1.82) is 0 Å². The van der Waals surface area contributed by atoms with Crippen LogP contribution >= 0.6 is 0 Å². The summed E-state index contributed by atoms with van der Waals surface area (Å²) in [5, 5.41) is 3.52.